The number of hydrogen-bond acceptors (Lipinski definition) is 1. The van der Waals surface area contributed by atoms with Crippen LogP contribution in [0.2, 0.25) is 0 Å². The van der Waals surface area contributed by atoms with E-state index in [1.54, 1.807) is 0 Å². The van der Waals surface area contributed by atoms with Crippen LogP contribution >= 0.6 is 0 Å². The lowest BCUT2D eigenvalue weighted by atomic mass is 9.90. The Labute approximate surface area is 69.1 Å². The van der Waals surface area contributed by atoms with Crippen LogP contribution in [0.25, 0.3) is 0 Å². The van der Waals surface area contributed by atoms with E-state index in [0.717, 1.165) is 18.0 Å². The van der Waals surface area contributed by atoms with Gasteiger partial charge in [-0.15, -0.1) is 0 Å². The number of nitrogens with zero attached hydrogens (tertiary/aromatic N) is 1. The van der Waals surface area contributed by atoms with E-state index < -0.39 is 0 Å². The van der Waals surface area contributed by atoms with Crippen LogP contribution in [0.1, 0.15) is 26.2 Å². The van der Waals surface area contributed by atoms with E-state index in [1.165, 1.54) is 19.3 Å². The molecule has 0 bridgehead atoms. The number of hydrogen-bond donors (Lipinski definition) is 0. The van der Waals surface area contributed by atoms with Gasteiger partial charge in [0.05, 0.1) is 0 Å². The molecule has 0 saturated carbocycles. The molecule has 0 spiro atoms. The zero-order valence-electron chi connectivity index (χ0n) is 7.46. The summed E-state index contributed by atoms with van der Waals surface area (Å²) in [7, 11) is 2.25. The first-order valence-corrected chi connectivity index (χ1v) is 4.67. The molecule has 1 aliphatic heterocycles. The maximum Gasteiger partial charge on any atom is 0.0306 e. The lowest BCUT2D eigenvalue weighted by Crippen LogP contribution is -2.31. The van der Waals surface area contributed by atoms with Crippen LogP contribution in [-0.2, 0) is 0 Å². The van der Waals surface area contributed by atoms with Crippen LogP contribution in [0, 0.1) is 5.92 Å². The Morgan fingerprint density at radius 2 is 2.27 bits per heavy atom. The second kappa shape index (κ2) is 2.63. The molecule has 0 N–H and O–H groups in total. The first-order valence-electron chi connectivity index (χ1n) is 4.67. The van der Waals surface area contributed by atoms with Gasteiger partial charge in [-0.25, -0.2) is 0 Å². The Balaban J connectivity index is 2.15. The maximum atomic E-state index is 2.51. The van der Waals surface area contributed by atoms with Crippen molar-refractivity contribution in [1.82, 2.24) is 4.90 Å². The predicted molar refractivity (Wildman–Crippen MR) is 47.5 cm³/mol. The van der Waals surface area contributed by atoms with E-state index >= 15 is 0 Å². The minimum atomic E-state index is 0.763. The summed E-state index contributed by atoms with van der Waals surface area (Å²) in [5, 5.41) is 0. The largest absolute Gasteiger partial charge is 0.297 e. The molecule has 0 amide bonds. The quantitative estimate of drug-likeness (QED) is 0.479. The van der Waals surface area contributed by atoms with Gasteiger partial charge in [0, 0.05) is 12.1 Å². The fourth-order valence-corrected chi connectivity index (χ4v) is 2.50. The third kappa shape index (κ3) is 1.12. The Morgan fingerprint density at radius 3 is 3.00 bits per heavy atom. The Hall–Kier alpha value is -0.300. The van der Waals surface area contributed by atoms with E-state index in [9.17, 15) is 0 Å². The second-order valence-electron chi connectivity index (χ2n) is 4.01. The summed E-state index contributed by atoms with van der Waals surface area (Å²) in [6.45, 7) is 2.34. The summed E-state index contributed by atoms with van der Waals surface area (Å²) >= 11 is 0. The molecule has 11 heavy (non-hydrogen) atoms. The molecule has 0 aromatic carbocycles. The fraction of sp³-hybridized carbons (Fsp3) is 0.800. The van der Waals surface area contributed by atoms with E-state index in [0.29, 0.717) is 0 Å². The van der Waals surface area contributed by atoms with Gasteiger partial charge >= 0.3 is 0 Å². The Morgan fingerprint density at radius 1 is 1.45 bits per heavy atom. The summed E-state index contributed by atoms with van der Waals surface area (Å²) in [6.07, 6.45) is 8.87. The van der Waals surface area contributed by atoms with Crippen molar-refractivity contribution in [2.24, 2.45) is 5.92 Å². The van der Waals surface area contributed by atoms with Gasteiger partial charge in [-0.2, -0.15) is 0 Å². The number of likely N-dealkylation sites (N-methyl/N-ethyl adjacent to an activating group) is 1. The second-order valence-corrected chi connectivity index (χ2v) is 4.01. The van der Waals surface area contributed by atoms with Gasteiger partial charge in [0.1, 0.15) is 0 Å². The highest BCUT2D eigenvalue weighted by Gasteiger charge is 2.35. The molecule has 0 radical (unpaired) electrons. The summed E-state index contributed by atoms with van der Waals surface area (Å²) in [6, 6.07) is 1.56. The van der Waals surface area contributed by atoms with Crippen molar-refractivity contribution in [3.8, 4) is 0 Å². The molecule has 2 rings (SSSR count). The maximum absolute atomic E-state index is 2.51. The standard InChI is InChI=1S/C10H17N/c1-8-7-9-5-3-4-6-10(9)11(8)2/h4,6,8-10H,3,5,7H2,1-2H3. The molecule has 1 heterocycles. The van der Waals surface area contributed by atoms with Crippen molar-refractivity contribution in [2.75, 3.05) is 7.05 Å². The molecule has 62 valence electrons. The first-order chi connectivity index (χ1) is 5.29. The van der Waals surface area contributed by atoms with Crippen LogP contribution in [-0.4, -0.2) is 24.0 Å². The summed E-state index contributed by atoms with van der Waals surface area (Å²) < 4.78 is 0. The van der Waals surface area contributed by atoms with Gasteiger partial charge in [0.2, 0.25) is 0 Å². The molecule has 3 atom stereocenters. The molecule has 3 unspecified atom stereocenters. The Bertz CT molecular complexity index is 174. The molecule has 1 aliphatic carbocycles. The van der Waals surface area contributed by atoms with Crippen molar-refractivity contribution < 1.29 is 0 Å². The van der Waals surface area contributed by atoms with Crippen molar-refractivity contribution in [1.29, 1.82) is 0 Å². The SMILES string of the molecule is CC1CC2CCC=CC2N1C. The average molecular weight is 151 g/mol. The van der Waals surface area contributed by atoms with Crippen LogP contribution < -0.4 is 0 Å². The summed E-state index contributed by atoms with van der Waals surface area (Å²) in [5.74, 6) is 0.958. The normalized spacial score (nSPS) is 44.4. The number of likely N-dealkylation sites (tertiary alicyclic amines) is 1. The molecule has 0 aromatic rings. The predicted octanol–water partition coefficient (Wildman–Crippen LogP) is 2.05. The summed E-state index contributed by atoms with van der Waals surface area (Å²) in [4.78, 5) is 2.51. The van der Waals surface area contributed by atoms with Crippen LogP contribution in [0.5, 0.6) is 0 Å². The van der Waals surface area contributed by atoms with E-state index in [4.69, 9.17) is 0 Å². The molecule has 1 nitrogen and oxygen atoms in total. The van der Waals surface area contributed by atoms with Gasteiger partial charge in [0.15, 0.2) is 0 Å². The zero-order valence-corrected chi connectivity index (χ0v) is 7.46. The minimum absolute atomic E-state index is 0.763. The number of fused-ring (bicyclic) bond motifs is 1. The number of allylic oxidation sites excluding steroid dienone is 1. The van der Waals surface area contributed by atoms with Gasteiger partial charge in [-0.05, 0) is 39.2 Å². The summed E-state index contributed by atoms with van der Waals surface area (Å²) in [5.41, 5.74) is 0. The lowest BCUT2D eigenvalue weighted by Gasteiger charge is -2.25. The highest BCUT2D eigenvalue weighted by atomic mass is 15.2. The van der Waals surface area contributed by atoms with E-state index in [1.807, 2.05) is 0 Å². The molecular formula is C10H17N. The van der Waals surface area contributed by atoms with E-state index in [-0.39, 0.29) is 0 Å². The Kier molecular flexibility index (Phi) is 1.76. The highest BCUT2D eigenvalue weighted by molar-refractivity contribution is 5.07. The van der Waals surface area contributed by atoms with Crippen LogP contribution in [0.4, 0.5) is 0 Å². The number of rotatable bonds is 0. The molecule has 2 aliphatic rings. The fourth-order valence-electron chi connectivity index (χ4n) is 2.50. The van der Waals surface area contributed by atoms with Crippen molar-refractivity contribution >= 4 is 0 Å². The van der Waals surface area contributed by atoms with Crippen LogP contribution in [0.15, 0.2) is 12.2 Å². The van der Waals surface area contributed by atoms with Crippen molar-refractivity contribution in [3.05, 3.63) is 12.2 Å². The zero-order chi connectivity index (χ0) is 7.84. The first kappa shape index (κ1) is 7.35. The third-order valence-electron chi connectivity index (χ3n) is 3.33. The lowest BCUT2D eigenvalue weighted by molar-refractivity contribution is 0.265. The smallest absolute Gasteiger partial charge is 0.0306 e. The molecule has 1 saturated heterocycles. The van der Waals surface area contributed by atoms with Crippen molar-refractivity contribution in [3.63, 3.8) is 0 Å². The average Bonchev–Trinajstić information content (AvgIpc) is 2.30. The van der Waals surface area contributed by atoms with Crippen molar-refractivity contribution in [2.45, 2.75) is 38.3 Å². The minimum Gasteiger partial charge on any atom is -0.297 e. The molecule has 1 heteroatoms. The van der Waals surface area contributed by atoms with Gasteiger partial charge < -0.3 is 0 Å². The van der Waals surface area contributed by atoms with Gasteiger partial charge in [0.25, 0.3) is 0 Å². The monoisotopic (exact) mass is 151 g/mol. The molecule has 0 aromatic heterocycles. The van der Waals surface area contributed by atoms with Gasteiger partial charge in [-0.1, -0.05) is 12.2 Å². The van der Waals surface area contributed by atoms with Gasteiger partial charge in [-0.3, -0.25) is 4.90 Å². The molecule has 1 fully saturated rings. The third-order valence-corrected chi connectivity index (χ3v) is 3.33. The van der Waals surface area contributed by atoms with Crippen LogP contribution in [0.3, 0.4) is 0 Å². The highest BCUT2D eigenvalue weighted by Crippen LogP contribution is 2.34. The van der Waals surface area contributed by atoms with E-state index in [2.05, 4.69) is 31.0 Å². The topological polar surface area (TPSA) is 3.24 Å². The molecular weight excluding hydrogens is 134 g/mol.